The summed E-state index contributed by atoms with van der Waals surface area (Å²) < 4.78 is 45.7. The second-order valence-corrected chi connectivity index (χ2v) is 10.9. The number of benzene rings is 3. The van der Waals surface area contributed by atoms with Crippen LogP contribution < -0.4 is 25.0 Å². The molecule has 1 aliphatic heterocycles. The highest BCUT2D eigenvalue weighted by atomic mass is 31.2. The van der Waals surface area contributed by atoms with Crippen molar-refractivity contribution in [2.24, 2.45) is 0 Å². The van der Waals surface area contributed by atoms with Gasteiger partial charge in [0.2, 0.25) is 11.4 Å². The van der Waals surface area contributed by atoms with Crippen molar-refractivity contribution < 1.29 is 22.5 Å². The summed E-state index contributed by atoms with van der Waals surface area (Å²) in [6.45, 7) is 0. The van der Waals surface area contributed by atoms with E-state index >= 15 is 0 Å². The highest BCUT2D eigenvalue weighted by Crippen LogP contribution is 2.51. The van der Waals surface area contributed by atoms with Crippen molar-refractivity contribution in [1.82, 2.24) is 0 Å². The van der Waals surface area contributed by atoms with E-state index in [1.54, 1.807) is 24.3 Å². The van der Waals surface area contributed by atoms with Crippen LogP contribution in [0.2, 0.25) is 0 Å². The van der Waals surface area contributed by atoms with Gasteiger partial charge in [0.1, 0.15) is 11.6 Å². The van der Waals surface area contributed by atoms with Crippen LogP contribution in [0.3, 0.4) is 0 Å². The molecule has 3 heterocycles. The summed E-state index contributed by atoms with van der Waals surface area (Å²) in [5.41, 5.74) is 3.38. The molecular weight excluding hydrogens is 449 g/mol. The minimum absolute atomic E-state index is 0.307. The van der Waals surface area contributed by atoms with Gasteiger partial charge in [0, 0.05) is 52.8 Å². The average Bonchev–Trinajstić information content (AvgIpc) is 3.14. The van der Waals surface area contributed by atoms with Crippen LogP contribution in [0.25, 0.3) is 22.5 Å². The van der Waals surface area contributed by atoms with Gasteiger partial charge in [-0.1, -0.05) is 30.3 Å². The molecule has 0 saturated carbocycles. The minimum Gasteiger partial charge on any atom is -0.308 e. The second-order valence-electron chi connectivity index (χ2n) is 8.20. The van der Waals surface area contributed by atoms with Gasteiger partial charge in [-0.3, -0.25) is 0 Å². The van der Waals surface area contributed by atoms with Crippen LogP contribution in [0.15, 0.2) is 116 Å². The summed E-state index contributed by atoms with van der Waals surface area (Å²) in [4.78, 5) is 0. The molecule has 0 amide bonds. The fraction of sp³-hybridized carbons (Fsp3) is 0. The standard InChI is InChI=1S/C28H19F2N2OP/c29-20-6-10-22(11-7-20)31-16-14-25-26-15-17-32(23-12-8-21(30)9-13-23)19-28(26)34(33,27(25)18-31)24-4-2-1-3-5-24/h1-19H/q+2. The molecule has 6 heteroatoms. The molecule has 0 fully saturated rings. The van der Waals surface area contributed by atoms with Crippen LogP contribution in [-0.4, -0.2) is 0 Å². The quantitative estimate of drug-likeness (QED) is 0.283. The number of hydrogen-bond acceptors (Lipinski definition) is 1. The van der Waals surface area contributed by atoms with E-state index in [2.05, 4.69) is 0 Å². The van der Waals surface area contributed by atoms with E-state index in [0.717, 1.165) is 38.4 Å². The molecule has 2 aromatic heterocycles. The summed E-state index contributed by atoms with van der Waals surface area (Å²) in [6.07, 6.45) is 7.58. The van der Waals surface area contributed by atoms with E-state index in [9.17, 15) is 13.3 Å². The highest BCUT2D eigenvalue weighted by Gasteiger charge is 2.44. The van der Waals surface area contributed by atoms with E-state index in [-0.39, 0.29) is 11.6 Å². The largest absolute Gasteiger partial charge is 0.308 e. The van der Waals surface area contributed by atoms with Gasteiger partial charge in [0.25, 0.3) is 0 Å². The van der Waals surface area contributed by atoms with Gasteiger partial charge in [0.05, 0.1) is 10.6 Å². The van der Waals surface area contributed by atoms with E-state index in [4.69, 9.17) is 0 Å². The number of aromatic nitrogens is 2. The normalized spacial score (nSPS) is 13.4. The second kappa shape index (κ2) is 7.82. The molecule has 164 valence electrons. The van der Waals surface area contributed by atoms with Crippen molar-refractivity contribution in [3.8, 4) is 22.5 Å². The molecule has 5 aromatic rings. The van der Waals surface area contributed by atoms with Crippen LogP contribution in [0.1, 0.15) is 0 Å². The van der Waals surface area contributed by atoms with Crippen molar-refractivity contribution in [2.45, 2.75) is 0 Å². The van der Waals surface area contributed by atoms with E-state index in [1.807, 2.05) is 76.4 Å². The Labute approximate surface area is 195 Å². The van der Waals surface area contributed by atoms with Gasteiger partial charge in [0.15, 0.2) is 31.9 Å². The maximum absolute atomic E-state index is 15.0. The Kier molecular flexibility index (Phi) is 4.75. The number of fused-ring (bicyclic) bond motifs is 3. The molecule has 0 unspecified atom stereocenters. The lowest BCUT2D eigenvalue weighted by Gasteiger charge is -2.13. The fourth-order valence-electron chi connectivity index (χ4n) is 4.52. The predicted molar refractivity (Wildman–Crippen MR) is 128 cm³/mol. The lowest BCUT2D eigenvalue weighted by atomic mass is 10.1. The van der Waals surface area contributed by atoms with E-state index < -0.39 is 7.14 Å². The molecule has 0 saturated heterocycles. The van der Waals surface area contributed by atoms with Gasteiger partial charge in [-0.15, -0.1) is 0 Å². The number of hydrogen-bond donors (Lipinski definition) is 0. The third-order valence-electron chi connectivity index (χ3n) is 6.22. The summed E-state index contributed by atoms with van der Waals surface area (Å²) in [7, 11) is -3.21. The average molecular weight is 468 g/mol. The van der Waals surface area contributed by atoms with Gasteiger partial charge < -0.3 is 4.57 Å². The molecular formula is C28H19F2N2OP+2. The first-order chi connectivity index (χ1) is 16.5. The smallest absolute Gasteiger partial charge is 0.210 e. The Morgan fingerprint density at radius 1 is 0.559 bits per heavy atom. The van der Waals surface area contributed by atoms with Crippen LogP contribution >= 0.6 is 7.14 Å². The third kappa shape index (κ3) is 3.20. The van der Waals surface area contributed by atoms with Crippen LogP contribution in [0, 0.1) is 11.6 Å². The van der Waals surface area contributed by atoms with Crippen molar-refractivity contribution in [2.75, 3.05) is 0 Å². The Morgan fingerprint density at radius 2 is 1.00 bits per heavy atom. The molecule has 34 heavy (non-hydrogen) atoms. The summed E-state index contributed by atoms with van der Waals surface area (Å²) in [5.74, 6) is -0.614. The number of nitrogens with zero attached hydrogens (tertiary/aromatic N) is 2. The molecule has 6 rings (SSSR count). The topological polar surface area (TPSA) is 24.8 Å². The predicted octanol–water partition coefficient (Wildman–Crippen LogP) is 4.14. The van der Waals surface area contributed by atoms with Gasteiger partial charge in [-0.05, 0) is 24.3 Å². The molecule has 1 aliphatic rings. The zero-order valence-corrected chi connectivity index (χ0v) is 18.9. The molecule has 0 spiro atoms. The Morgan fingerprint density at radius 3 is 1.44 bits per heavy atom. The number of pyridine rings is 2. The number of halogens is 2. The van der Waals surface area contributed by atoms with Gasteiger partial charge in [-0.2, -0.15) is 9.13 Å². The first-order valence-electron chi connectivity index (χ1n) is 10.8. The number of rotatable bonds is 3. The molecule has 0 aliphatic carbocycles. The maximum atomic E-state index is 15.0. The van der Waals surface area contributed by atoms with Crippen molar-refractivity contribution in [3.05, 3.63) is 127 Å². The zero-order chi connectivity index (χ0) is 23.3. The van der Waals surface area contributed by atoms with Gasteiger partial charge in [-0.25, -0.2) is 8.78 Å². The van der Waals surface area contributed by atoms with E-state index in [0.29, 0.717) is 0 Å². The first-order valence-corrected chi connectivity index (χ1v) is 12.5. The Bertz CT molecular complexity index is 1490. The Hall–Kier alpha value is -3.95. The van der Waals surface area contributed by atoms with Crippen LogP contribution in [0.5, 0.6) is 0 Å². The zero-order valence-electron chi connectivity index (χ0n) is 18.0. The van der Waals surface area contributed by atoms with E-state index in [1.165, 1.54) is 24.3 Å². The minimum atomic E-state index is -3.21. The fourth-order valence-corrected chi connectivity index (χ4v) is 7.57. The van der Waals surface area contributed by atoms with Crippen LogP contribution in [0.4, 0.5) is 8.78 Å². The van der Waals surface area contributed by atoms with Gasteiger partial charge >= 0.3 is 0 Å². The summed E-state index contributed by atoms with van der Waals surface area (Å²) >= 11 is 0. The molecule has 3 aromatic carbocycles. The summed E-state index contributed by atoms with van der Waals surface area (Å²) in [6, 6.07) is 25.8. The van der Waals surface area contributed by atoms with Crippen molar-refractivity contribution in [3.63, 3.8) is 0 Å². The highest BCUT2D eigenvalue weighted by molar-refractivity contribution is 7.86. The van der Waals surface area contributed by atoms with Crippen molar-refractivity contribution in [1.29, 1.82) is 0 Å². The lowest BCUT2D eigenvalue weighted by molar-refractivity contribution is -0.594. The molecule has 3 nitrogen and oxygen atoms in total. The molecule has 0 N–H and O–H groups in total. The summed E-state index contributed by atoms with van der Waals surface area (Å²) in [5, 5.41) is 2.21. The van der Waals surface area contributed by atoms with Crippen LogP contribution in [-0.2, 0) is 4.57 Å². The lowest BCUT2D eigenvalue weighted by Crippen LogP contribution is -2.36. The molecule has 0 atom stereocenters. The first kappa shape index (κ1) is 20.6. The molecule has 0 bridgehead atoms. The molecule has 0 radical (unpaired) electrons. The SMILES string of the molecule is O=P1(c2ccccc2)c2c[n+](-c3ccc(F)cc3)ccc2-c2cc[n+](-c3ccc(F)cc3)cc21. The maximum Gasteiger partial charge on any atom is 0.210 e. The Balaban J connectivity index is 1.58. The monoisotopic (exact) mass is 468 g/mol. The van der Waals surface area contributed by atoms with Crippen molar-refractivity contribution >= 4 is 23.1 Å². The third-order valence-corrected chi connectivity index (χ3v) is 9.31.